The lowest BCUT2D eigenvalue weighted by Gasteiger charge is -2.08. The van der Waals surface area contributed by atoms with Gasteiger partial charge in [0.05, 0.1) is 0 Å². The maximum Gasteiger partial charge on any atom is 0.339 e. The second-order valence-corrected chi connectivity index (χ2v) is 4.34. The van der Waals surface area contributed by atoms with E-state index in [4.69, 9.17) is 16.7 Å². The Morgan fingerprint density at radius 2 is 2.00 bits per heavy atom. The molecule has 0 aliphatic rings. The van der Waals surface area contributed by atoms with Gasteiger partial charge in [-0.3, -0.25) is 0 Å². The van der Waals surface area contributed by atoms with Crippen molar-refractivity contribution in [1.29, 1.82) is 0 Å². The molecule has 0 bridgehead atoms. The van der Waals surface area contributed by atoms with Gasteiger partial charge in [0.2, 0.25) is 0 Å². The Morgan fingerprint density at radius 1 is 1.28 bits per heavy atom. The Morgan fingerprint density at radius 3 is 2.61 bits per heavy atom. The summed E-state index contributed by atoms with van der Waals surface area (Å²) in [6, 6.07) is 9.29. The van der Waals surface area contributed by atoms with Gasteiger partial charge in [-0.2, -0.15) is 0 Å². The molecule has 2 aromatic carbocycles. The number of carboxylic acids is 1. The van der Waals surface area contributed by atoms with Crippen molar-refractivity contribution in [3.63, 3.8) is 0 Å². The highest BCUT2D eigenvalue weighted by Gasteiger charge is 2.16. The number of hydrogen-bond donors (Lipinski definition) is 1. The van der Waals surface area contributed by atoms with Crippen molar-refractivity contribution in [1.82, 2.24) is 0 Å². The van der Waals surface area contributed by atoms with Crippen LogP contribution in [0.3, 0.4) is 0 Å². The minimum Gasteiger partial charge on any atom is -0.478 e. The first-order valence-corrected chi connectivity index (χ1v) is 5.67. The summed E-state index contributed by atoms with van der Waals surface area (Å²) < 4.78 is 13.6. The predicted molar refractivity (Wildman–Crippen MR) is 68.5 cm³/mol. The summed E-state index contributed by atoms with van der Waals surface area (Å²) >= 11 is 5.91. The first-order valence-electron chi connectivity index (χ1n) is 5.29. The van der Waals surface area contributed by atoms with Crippen molar-refractivity contribution < 1.29 is 14.3 Å². The van der Waals surface area contributed by atoms with E-state index >= 15 is 0 Å². The van der Waals surface area contributed by atoms with E-state index in [2.05, 4.69) is 0 Å². The van der Waals surface area contributed by atoms with Gasteiger partial charge in [-0.1, -0.05) is 29.8 Å². The van der Waals surface area contributed by atoms with Crippen molar-refractivity contribution in [2.75, 3.05) is 0 Å². The Hall–Kier alpha value is -1.87. The third kappa shape index (κ3) is 2.22. The largest absolute Gasteiger partial charge is 0.478 e. The SMILES string of the molecule is Cc1cc(-c2cccc(F)c2C(=O)O)ccc1Cl. The van der Waals surface area contributed by atoms with E-state index in [0.717, 1.165) is 11.6 Å². The molecule has 4 heteroatoms. The number of rotatable bonds is 2. The predicted octanol–water partition coefficient (Wildman–Crippen LogP) is 4.15. The first kappa shape index (κ1) is 12.6. The minimum atomic E-state index is -1.28. The lowest BCUT2D eigenvalue weighted by atomic mass is 9.98. The zero-order valence-electron chi connectivity index (χ0n) is 9.58. The van der Waals surface area contributed by atoms with Crippen molar-refractivity contribution >= 4 is 17.6 Å². The van der Waals surface area contributed by atoms with Gasteiger partial charge < -0.3 is 5.11 Å². The van der Waals surface area contributed by atoms with Crippen molar-refractivity contribution in [3.8, 4) is 11.1 Å². The monoisotopic (exact) mass is 264 g/mol. The van der Waals surface area contributed by atoms with Crippen molar-refractivity contribution in [2.24, 2.45) is 0 Å². The molecule has 0 spiro atoms. The molecule has 0 radical (unpaired) electrons. The van der Waals surface area contributed by atoms with Crippen LogP contribution in [0.25, 0.3) is 11.1 Å². The molecule has 92 valence electrons. The third-order valence-corrected chi connectivity index (χ3v) is 3.12. The van der Waals surface area contributed by atoms with Crippen LogP contribution in [-0.2, 0) is 0 Å². The smallest absolute Gasteiger partial charge is 0.339 e. The van der Waals surface area contributed by atoms with Crippen LogP contribution >= 0.6 is 11.6 Å². The highest BCUT2D eigenvalue weighted by Crippen LogP contribution is 2.28. The Labute approximate surface area is 109 Å². The second-order valence-electron chi connectivity index (χ2n) is 3.93. The number of aryl methyl sites for hydroxylation is 1. The van der Waals surface area contributed by atoms with Gasteiger partial charge in [-0.05, 0) is 41.8 Å². The van der Waals surface area contributed by atoms with E-state index in [1.54, 1.807) is 24.3 Å². The van der Waals surface area contributed by atoms with Crippen LogP contribution in [0.15, 0.2) is 36.4 Å². The van der Waals surface area contributed by atoms with E-state index in [1.807, 2.05) is 6.92 Å². The second kappa shape index (κ2) is 4.78. The molecule has 2 aromatic rings. The molecule has 0 unspecified atom stereocenters. The molecule has 0 amide bonds. The summed E-state index contributed by atoms with van der Waals surface area (Å²) in [5, 5.41) is 9.66. The summed E-state index contributed by atoms with van der Waals surface area (Å²) in [7, 11) is 0. The summed E-state index contributed by atoms with van der Waals surface area (Å²) in [6.45, 7) is 1.81. The molecule has 0 atom stereocenters. The molecule has 0 aliphatic carbocycles. The first-order chi connectivity index (χ1) is 8.50. The summed E-state index contributed by atoms with van der Waals surface area (Å²) in [4.78, 5) is 11.1. The average molecular weight is 265 g/mol. The highest BCUT2D eigenvalue weighted by atomic mass is 35.5. The molecule has 0 heterocycles. The number of hydrogen-bond acceptors (Lipinski definition) is 1. The fourth-order valence-electron chi connectivity index (χ4n) is 1.79. The van der Waals surface area contributed by atoms with E-state index in [0.29, 0.717) is 16.1 Å². The molecule has 18 heavy (non-hydrogen) atoms. The van der Waals surface area contributed by atoms with Crippen LogP contribution in [0.5, 0.6) is 0 Å². The zero-order valence-corrected chi connectivity index (χ0v) is 10.3. The lowest BCUT2D eigenvalue weighted by molar-refractivity contribution is 0.0693. The van der Waals surface area contributed by atoms with Gasteiger partial charge in [0.15, 0.2) is 0 Å². The Bertz CT molecular complexity index is 623. The topological polar surface area (TPSA) is 37.3 Å². The standard InChI is InChI=1S/C14H10ClFO2/c1-8-7-9(5-6-11(8)15)10-3-2-4-12(16)13(10)14(17)18/h2-7H,1H3,(H,17,18). The molecule has 0 aromatic heterocycles. The van der Waals surface area contributed by atoms with Crippen molar-refractivity contribution in [3.05, 3.63) is 58.4 Å². The quantitative estimate of drug-likeness (QED) is 0.885. The Kier molecular flexibility index (Phi) is 3.34. The normalized spacial score (nSPS) is 10.4. The van der Waals surface area contributed by atoms with Crippen LogP contribution in [0, 0.1) is 12.7 Å². The lowest BCUT2D eigenvalue weighted by Crippen LogP contribution is -2.03. The fourth-order valence-corrected chi connectivity index (χ4v) is 1.91. The zero-order chi connectivity index (χ0) is 13.3. The van der Waals surface area contributed by atoms with E-state index in [-0.39, 0.29) is 5.56 Å². The summed E-state index contributed by atoms with van der Waals surface area (Å²) in [5.74, 6) is -2.02. The van der Waals surface area contributed by atoms with Gasteiger partial charge in [0.1, 0.15) is 11.4 Å². The fraction of sp³-hybridized carbons (Fsp3) is 0.0714. The number of aromatic carboxylic acids is 1. The number of benzene rings is 2. The highest BCUT2D eigenvalue weighted by molar-refractivity contribution is 6.31. The maximum absolute atomic E-state index is 13.6. The van der Waals surface area contributed by atoms with Crippen molar-refractivity contribution in [2.45, 2.75) is 6.92 Å². The molecule has 2 rings (SSSR count). The molecule has 0 saturated carbocycles. The average Bonchev–Trinajstić information content (AvgIpc) is 2.32. The third-order valence-electron chi connectivity index (χ3n) is 2.70. The van der Waals surface area contributed by atoms with E-state index in [1.165, 1.54) is 6.07 Å². The number of carboxylic acid groups (broad SMARTS) is 1. The number of carbonyl (C=O) groups is 1. The van der Waals surface area contributed by atoms with Gasteiger partial charge in [0.25, 0.3) is 0 Å². The summed E-state index contributed by atoms with van der Waals surface area (Å²) in [6.07, 6.45) is 0. The molecule has 1 N–H and O–H groups in total. The van der Waals surface area contributed by atoms with Crippen LogP contribution < -0.4 is 0 Å². The maximum atomic E-state index is 13.6. The molecule has 2 nitrogen and oxygen atoms in total. The molecular weight excluding hydrogens is 255 g/mol. The van der Waals surface area contributed by atoms with E-state index in [9.17, 15) is 9.18 Å². The van der Waals surface area contributed by atoms with Crippen LogP contribution in [0.4, 0.5) is 4.39 Å². The van der Waals surface area contributed by atoms with Gasteiger partial charge >= 0.3 is 5.97 Å². The minimum absolute atomic E-state index is 0.320. The van der Waals surface area contributed by atoms with Crippen LogP contribution in [-0.4, -0.2) is 11.1 Å². The van der Waals surface area contributed by atoms with Gasteiger partial charge in [-0.25, -0.2) is 9.18 Å². The van der Waals surface area contributed by atoms with Crippen LogP contribution in [0.1, 0.15) is 15.9 Å². The molecule has 0 saturated heterocycles. The van der Waals surface area contributed by atoms with Gasteiger partial charge in [0, 0.05) is 5.02 Å². The van der Waals surface area contributed by atoms with Gasteiger partial charge in [-0.15, -0.1) is 0 Å². The Balaban J connectivity index is 2.67. The van der Waals surface area contributed by atoms with E-state index < -0.39 is 11.8 Å². The molecule has 0 fully saturated rings. The summed E-state index contributed by atoms with van der Waals surface area (Å²) in [5.41, 5.74) is 1.48. The van der Waals surface area contributed by atoms with Crippen LogP contribution in [0.2, 0.25) is 5.02 Å². The molecule has 0 aliphatic heterocycles. The number of halogens is 2. The molecular formula is C14H10ClFO2.